The molecule has 1 aromatic rings. The molecule has 6 heteroatoms. The van der Waals surface area contributed by atoms with E-state index < -0.39 is 0 Å². The van der Waals surface area contributed by atoms with Crippen LogP contribution in [0.1, 0.15) is 37.6 Å². The summed E-state index contributed by atoms with van der Waals surface area (Å²) in [5.41, 5.74) is 0. The third-order valence-electron chi connectivity index (χ3n) is 3.49. The first-order valence-corrected chi connectivity index (χ1v) is 6.75. The topological polar surface area (TPSA) is 63.4 Å². The van der Waals surface area contributed by atoms with E-state index >= 15 is 0 Å². The average Bonchev–Trinajstić information content (AvgIpc) is 3.13. The number of morpholine rings is 1. The lowest BCUT2D eigenvalue weighted by Gasteiger charge is -2.30. The van der Waals surface area contributed by atoms with Crippen molar-refractivity contribution in [3.05, 3.63) is 11.7 Å². The SMILES string of the molecule is CCN1CCOC(c2noc(CNC3CC3)n2)C1. The smallest absolute Gasteiger partial charge is 0.240 e. The van der Waals surface area contributed by atoms with E-state index in [9.17, 15) is 0 Å². The molecule has 6 nitrogen and oxygen atoms in total. The second-order valence-corrected chi connectivity index (χ2v) is 4.95. The number of ether oxygens (including phenoxy) is 1. The molecule has 100 valence electrons. The van der Waals surface area contributed by atoms with E-state index in [1.807, 2.05) is 0 Å². The third kappa shape index (κ3) is 2.88. The fourth-order valence-corrected chi connectivity index (χ4v) is 2.14. The van der Waals surface area contributed by atoms with Gasteiger partial charge >= 0.3 is 0 Å². The Labute approximate surface area is 107 Å². The van der Waals surface area contributed by atoms with Crippen LogP contribution in [0, 0.1) is 0 Å². The van der Waals surface area contributed by atoms with Crippen molar-refractivity contribution < 1.29 is 9.26 Å². The first-order valence-electron chi connectivity index (χ1n) is 6.75. The molecule has 18 heavy (non-hydrogen) atoms. The highest BCUT2D eigenvalue weighted by Gasteiger charge is 2.26. The number of rotatable bonds is 5. The first-order chi connectivity index (χ1) is 8.85. The standard InChI is InChI=1S/C12H20N4O2/c1-2-16-5-6-17-10(8-16)12-14-11(18-15-12)7-13-9-3-4-9/h9-10,13H,2-8H2,1H3. The van der Waals surface area contributed by atoms with Crippen LogP contribution in [-0.2, 0) is 11.3 Å². The zero-order valence-corrected chi connectivity index (χ0v) is 10.8. The number of aromatic nitrogens is 2. The molecule has 0 aromatic carbocycles. The van der Waals surface area contributed by atoms with Gasteiger partial charge in [0.15, 0.2) is 0 Å². The van der Waals surface area contributed by atoms with Crippen molar-refractivity contribution in [2.45, 2.75) is 38.5 Å². The lowest BCUT2D eigenvalue weighted by atomic mass is 10.2. The molecule has 2 aliphatic rings. The Morgan fingerprint density at radius 1 is 1.44 bits per heavy atom. The third-order valence-corrected chi connectivity index (χ3v) is 3.49. The quantitative estimate of drug-likeness (QED) is 0.833. The van der Waals surface area contributed by atoms with Gasteiger partial charge in [-0.15, -0.1) is 0 Å². The Hall–Kier alpha value is -0.980. The van der Waals surface area contributed by atoms with E-state index in [2.05, 4.69) is 27.3 Å². The average molecular weight is 252 g/mol. The maximum atomic E-state index is 5.70. The highest BCUT2D eigenvalue weighted by Crippen LogP contribution is 2.21. The molecule has 3 rings (SSSR count). The molecule has 1 atom stereocenters. The van der Waals surface area contributed by atoms with Crippen LogP contribution >= 0.6 is 0 Å². The molecule has 0 bridgehead atoms. The van der Waals surface area contributed by atoms with Crippen molar-refractivity contribution in [1.82, 2.24) is 20.4 Å². The predicted molar refractivity (Wildman–Crippen MR) is 65.0 cm³/mol. The molecule has 1 aliphatic carbocycles. The van der Waals surface area contributed by atoms with Crippen molar-refractivity contribution in [1.29, 1.82) is 0 Å². The van der Waals surface area contributed by atoms with Crippen LogP contribution in [0.25, 0.3) is 0 Å². The summed E-state index contributed by atoms with van der Waals surface area (Å²) in [6, 6.07) is 0.655. The van der Waals surface area contributed by atoms with Crippen molar-refractivity contribution in [3.8, 4) is 0 Å². The fraction of sp³-hybridized carbons (Fsp3) is 0.833. The van der Waals surface area contributed by atoms with E-state index in [0.29, 0.717) is 24.3 Å². The maximum Gasteiger partial charge on any atom is 0.240 e. The van der Waals surface area contributed by atoms with Crippen LogP contribution in [0.5, 0.6) is 0 Å². The predicted octanol–water partition coefficient (Wildman–Crippen LogP) is 0.715. The number of hydrogen-bond acceptors (Lipinski definition) is 6. The Balaban J connectivity index is 1.57. The summed E-state index contributed by atoms with van der Waals surface area (Å²) in [7, 11) is 0. The Kier molecular flexibility index (Phi) is 3.58. The van der Waals surface area contributed by atoms with Gasteiger partial charge in [-0.2, -0.15) is 4.98 Å². The van der Waals surface area contributed by atoms with Gasteiger partial charge in [0, 0.05) is 19.1 Å². The minimum Gasteiger partial charge on any atom is -0.367 e. The Morgan fingerprint density at radius 2 is 2.33 bits per heavy atom. The van der Waals surface area contributed by atoms with Gasteiger partial charge in [-0.3, -0.25) is 4.90 Å². The molecule has 1 N–H and O–H groups in total. The van der Waals surface area contributed by atoms with Crippen molar-refractivity contribution in [2.24, 2.45) is 0 Å². The Morgan fingerprint density at radius 3 is 3.11 bits per heavy atom. The van der Waals surface area contributed by atoms with Gasteiger partial charge in [0.2, 0.25) is 11.7 Å². The minimum absolute atomic E-state index is 0.0443. The molecule has 2 fully saturated rings. The minimum atomic E-state index is -0.0443. The summed E-state index contributed by atoms with van der Waals surface area (Å²) < 4.78 is 10.9. The molecule has 2 heterocycles. The summed E-state index contributed by atoms with van der Waals surface area (Å²) in [6.45, 7) is 6.44. The number of hydrogen-bond donors (Lipinski definition) is 1. The normalized spacial score (nSPS) is 25.5. The summed E-state index contributed by atoms with van der Waals surface area (Å²) in [5, 5.41) is 7.39. The van der Waals surface area contributed by atoms with Crippen LogP contribution in [0.4, 0.5) is 0 Å². The molecule has 0 amide bonds. The molecule has 1 saturated heterocycles. The van der Waals surface area contributed by atoms with Gasteiger partial charge in [0.05, 0.1) is 13.2 Å². The van der Waals surface area contributed by atoms with Crippen LogP contribution in [-0.4, -0.2) is 47.3 Å². The van der Waals surface area contributed by atoms with Gasteiger partial charge in [-0.25, -0.2) is 0 Å². The lowest BCUT2D eigenvalue weighted by molar-refractivity contribution is -0.0334. The maximum absolute atomic E-state index is 5.70. The van der Waals surface area contributed by atoms with Gasteiger partial charge in [-0.1, -0.05) is 12.1 Å². The van der Waals surface area contributed by atoms with E-state index in [0.717, 1.165) is 26.2 Å². The highest BCUT2D eigenvalue weighted by atomic mass is 16.5. The molecule has 1 saturated carbocycles. The Bertz CT molecular complexity index is 391. The van der Waals surface area contributed by atoms with E-state index in [-0.39, 0.29) is 6.10 Å². The van der Waals surface area contributed by atoms with Crippen LogP contribution in [0.15, 0.2) is 4.52 Å². The van der Waals surface area contributed by atoms with Crippen LogP contribution in [0.3, 0.4) is 0 Å². The second kappa shape index (κ2) is 5.34. The molecule has 1 aliphatic heterocycles. The zero-order chi connectivity index (χ0) is 12.4. The molecule has 1 unspecified atom stereocenters. The van der Waals surface area contributed by atoms with Crippen molar-refractivity contribution >= 4 is 0 Å². The van der Waals surface area contributed by atoms with Gasteiger partial charge in [0.25, 0.3) is 0 Å². The van der Waals surface area contributed by atoms with Crippen molar-refractivity contribution in [2.75, 3.05) is 26.2 Å². The van der Waals surface area contributed by atoms with Gasteiger partial charge in [-0.05, 0) is 19.4 Å². The molecular formula is C12H20N4O2. The van der Waals surface area contributed by atoms with E-state index in [4.69, 9.17) is 9.26 Å². The summed E-state index contributed by atoms with van der Waals surface area (Å²) in [6.07, 6.45) is 2.48. The van der Waals surface area contributed by atoms with Gasteiger partial charge < -0.3 is 14.6 Å². The summed E-state index contributed by atoms with van der Waals surface area (Å²) in [5.74, 6) is 1.34. The lowest BCUT2D eigenvalue weighted by Crippen LogP contribution is -2.38. The van der Waals surface area contributed by atoms with Crippen molar-refractivity contribution in [3.63, 3.8) is 0 Å². The second-order valence-electron chi connectivity index (χ2n) is 4.95. The summed E-state index contributed by atoms with van der Waals surface area (Å²) >= 11 is 0. The first kappa shape index (κ1) is 12.1. The monoisotopic (exact) mass is 252 g/mol. The molecular weight excluding hydrogens is 232 g/mol. The molecule has 1 aromatic heterocycles. The van der Waals surface area contributed by atoms with Gasteiger partial charge in [0.1, 0.15) is 6.10 Å². The number of nitrogens with zero attached hydrogens (tertiary/aromatic N) is 3. The van der Waals surface area contributed by atoms with Crippen LogP contribution < -0.4 is 5.32 Å². The zero-order valence-electron chi connectivity index (χ0n) is 10.8. The highest BCUT2D eigenvalue weighted by molar-refractivity contribution is 4.95. The van der Waals surface area contributed by atoms with E-state index in [1.165, 1.54) is 12.8 Å². The summed E-state index contributed by atoms with van der Waals surface area (Å²) in [4.78, 5) is 6.75. The fourth-order valence-electron chi connectivity index (χ4n) is 2.14. The van der Waals surface area contributed by atoms with Crippen LogP contribution in [0.2, 0.25) is 0 Å². The molecule has 0 spiro atoms. The number of nitrogens with one attached hydrogen (secondary N) is 1. The molecule has 0 radical (unpaired) electrons. The largest absolute Gasteiger partial charge is 0.367 e. The van der Waals surface area contributed by atoms with E-state index in [1.54, 1.807) is 0 Å². The number of likely N-dealkylation sites (N-methyl/N-ethyl adjacent to an activating group) is 1.